The molecule has 2 heterocycles. The Kier molecular flexibility index (Phi) is 3.79. The van der Waals surface area contributed by atoms with Crippen molar-refractivity contribution in [1.29, 1.82) is 0 Å². The summed E-state index contributed by atoms with van der Waals surface area (Å²) < 4.78 is 42.7. The van der Waals surface area contributed by atoms with Crippen molar-refractivity contribution in [2.45, 2.75) is 19.2 Å². The number of anilines is 2. The fraction of sp³-hybridized carbons (Fsp3) is 0.636. The number of hydrogen-bond acceptors (Lipinski definition) is 5. The van der Waals surface area contributed by atoms with E-state index in [2.05, 4.69) is 15.3 Å². The zero-order valence-corrected chi connectivity index (χ0v) is 10.7. The molecule has 106 valence electrons. The second-order valence-electron chi connectivity index (χ2n) is 4.29. The summed E-state index contributed by atoms with van der Waals surface area (Å²) in [5.74, 6) is 0.874. The lowest BCUT2D eigenvalue weighted by molar-refractivity contribution is -0.221. The van der Waals surface area contributed by atoms with Gasteiger partial charge in [-0.25, -0.2) is 4.98 Å². The van der Waals surface area contributed by atoms with Crippen molar-refractivity contribution in [3.63, 3.8) is 0 Å². The topological polar surface area (TPSA) is 50.3 Å². The molecule has 8 heteroatoms. The van der Waals surface area contributed by atoms with E-state index in [4.69, 9.17) is 4.74 Å². The fourth-order valence-electron chi connectivity index (χ4n) is 1.85. The number of morpholine rings is 1. The third-order valence-electron chi connectivity index (χ3n) is 2.81. The first-order valence-corrected chi connectivity index (χ1v) is 5.87. The minimum absolute atomic E-state index is 0.0103. The van der Waals surface area contributed by atoms with Gasteiger partial charge in [-0.1, -0.05) is 0 Å². The highest BCUT2D eigenvalue weighted by Crippen LogP contribution is 2.27. The molecule has 1 aliphatic rings. The monoisotopic (exact) mass is 276 g/mol. The molecular weight excluding hydrogens is 261 g/mol. The van der Waals surface area contributed by atoms with Crippen molar-refractivity contribution in [3.8, 4) is 0 Å². The Hall–Kier alpha value is -1.57. The van der Waals surface area contributed by atoms with Gasteiger partial charge in [0.2, 0.25) is 5.95 Å². The van der Waals surface area contributed by atoms with Crippen LogP contribution < -0.4 is 10.2 Å². The van der Waals surface area contributed by atoms with Gasteiger partial charge in [-0.2, -0.15) is 18.2 Å². The summed E-state index contributed by atoms with van der Waals surface area (Å²) in [6, 6.07) is 1.73. The molecule has 0 spiro atoms. The quantitative estimate of drug-likeness (QED) is 0.889. The molecule has 1 aromatic rings. The molecule has 1 saturated heterocycles. The smallest absolute Gasteiger partial charge is 0.373 e. The summed E-state index contributed by atoms with van der Waals surface area (Å²) in [5.41, 5.74) is 0.699. The summed E-state index contributed by atoms with van der Waals surface area (Å²) in [4.78, 5) is 9.84. The number of ether oxygens (including phenoxy) is 1. The maximum atomic E-state index is 12.7. The van der Waals surface area contributed by atoms with Gasteiger partial charge in [0.25, 0.3) is 0 Å². The minimum atomic E-state index is -4.37. The Bertz CT molecular complexity index is 452. The zero-order chi connectivity index (χ0) is 14.0. The van der Waals surface area contributed by atoms with Crippen molar-refractivity contribution in [2.75, 3.05) is 37.0 Å². The van der Waals surface area contributed by atoms with Crippen LogP contribution in [-0.2, 0) is 4.74 Å². The van der Waals surface area contributed by atoms with Crippen LogP contribution in [0.1, 0.15) is 5.69 Å². The average Bonchev–Trinajstić information content (AvgIpc) is 2.37. The summed E-state index contributed by atoms with van der Waals surface area (Å²) in [5, 5.41) is 2.86. The van der Waals surface area contributed by atoms with Crippen molar-refractivity contribution < 1.29 is 17.9 Å². The third kappa shape index (κ3) is 3.25. The van der Waals surface area contributed by atoms with Crippen molar-refractivity contribution >= 4 is 11.8 Å². The molecule has 1 aromatic heterocycles. The van der Waals surface area contributed by atoms with E-state index in [1.165, 1.54) is 4.90 Å². The molecule has 1 atom stereocenters. The van der Waals surface area contributed by atoms with Crippen LogP contribution in [-0.4, -0.2) is 49.0 Å². The van der Waals surface area contributed by atoms with Crippen molar-refractivity contribution in [1.82, 2.24) is 9.97 Å². The van der Waals surface area contributed by atoms with Crippen LogP contribution in [0.15, 0.2) is 6.07 Å². The van der Waals surface area contributed by atoms with Crippen LogP contribution in [0.25, 0.3) is 0 Å². The molecule has 1 N–H and O–H groups in total. The fourth-order valence-corrected chi connectivity index (χ4v) is 1.85. The summed E-state index contributed by atoms with van der Waals surface area (Å²) in [7, 11) is 1.70. The van der Waals surface area contributed by atoms with Gasteiger partial charge in [-0.3, -0.25) is 0 Å². The highest BCUT2D eigenvalue weighted by atomic mass is 19.4. The third-order valence-corrected chi connectivity index (χ3v) is 2.81. The lowest BCUT2D eigenvalue weighted by Gasteiger charge is -2.33. The van der Waals surface area contributed by atoms with Crippen LogP contribution in [0, 0.1) is 6.92 Å². The molecule has 0 aromatic carbocycles. The highest BCUT2D eigenvalue weighted by Gasteiger charge is 2.43. The first-order valence-electron chi connectivity index (χ1n) is 5.87. The van der Waals surface area contributed by atoms with E-state index in [0.29, 0.717) is 24.0 Å². The van der Waals surface area contributed by atoms with E-state index in [0.717, 1.165) is 0 Å². The second kappa shape index (κ2) is 5.20. The lowest BCUT2D eigenvalue weighted by Crippen LogP contribution is -2.49. The van der Waals surface area contributed by atoms with Gasteiger partial charge < -0.3 is 15.0 Å². The van der Waals surface area contributed by atoms with Crippen molar-refractivity contribution in [3.05, 3.63) is 11.8 Å². The Labute approximate surface area is 108 Å². The molecule has 0 amide bonds. The second-order valence-corrected chi connectivity index (χ2v) is 4.29. The summed E-state index contributed by atoms with van der Waals surface area (Å²) >= 11 is 0. The number of nitrogens with one attached hydrogen (secondary N) is 1. The number of aryl methyl sites for hydroxylation is 1. The predicted molar refractivity (Wildman–Crippen MR) is 64.3 cm³/mol. The zero-order valence-electron chi connectivity index (χ0n) is 10.7. The molecule has 1 aliphatic heterocycles. The largest absolute Gasteiger partial charge is 0.416 e. The van der Waals surface area contributed by atoms with Gasteiger partial charge in [0.15, 0.2) is 6.10 Å². The normalized spacial score (nSPS) is 20.5. The molecule has 0 saturated carbocycles. The molecule has 2 rings (SSSR count). The van der Waals surface area contributed by atoms with E-state index in [1.807, 2.05) is 0 Å². The van der Waals surface area contributed by atoms with Crippen LogP contribution in [0.3, 0.4) is 0 Å². The number of halogens is 3. The summed E-state index contributed by atoms with van der Waals surface area (Å²) in [6.07, 6.45) is -6.16. The van der Waals surface area contributed by atoms with Gasteiger partial charge >= 0.3 is 6.18 Å². The lowest BCUT2D eigenvalue weighted by atomic mass is 10.2. The number of rotatable bonds is 2. The van der Waals surface area contributed by atoms with E-state index in [9.17, 15) is 13.2 Å². The Balaban J connectivity index is 2.19. The predicted octanol–water partition coefficient (Wildman–Crippen LogP) is 1.59. The molecule has 5 nitrogen and oxygen atoms in total. The van der Waals surface area contributed by atoms with E-state index in [-0.39, 0.29) is 13.2 Å². The van der Waals surface area contributed by atoms with E-state index >= 15 is 0 Å². The first kappa shape index (κ1) is 13.9. The number of aromatic nitrogens is 2. The van der Waals surface area contributed by atoms with Crippen LogP contribution in [0.4, 0.5) is 24.9 Å². The maximum absolute atomic E-state index is 12.7. The standard InChI is InChI=1S/C11H15F3N4O/c1-7-5-9(15-2)17-10(16-7)18-3-4-19-8(6-18)11(12,13)14/h5,8H,3-4,6H2,1-2H3,(H,15,16,17)/t8-/m0/s1. The van der Waals surface area contributed by atoms with Gasteiger partial charge in [-0.15, -0.1) is 0 Å². The molecule has 0 aliphatic carbocycles. The molecular formula is C11H15F3N4O. The Morgan fingerprint density at radius 1 is 1.42 bits per heavy atom. The number of nitrogens with zero attached hydrogens (tertiary/aromatic N) is 3. The highest BCUT2D eigenvalue weighted by molar-refractivity contribution is 5.43. The SMILES string of the molecule is CNc1cc(C)nc(N2CCO[C@H](C(F)(F)F)C2)n1. The molecule has 1 fully saturated rings. The van der Waals surface area contributed by atoms with Gasteiger partial charge in [0.05, 0.1) is 13.2 Å². The van der Waals surface area contributed by atoms with Crippen molar-refractivity contribution in [2.24, 2.45) is 0 Å². The minimum Gasteiger partial charge on any atom is -0.373 e. The van der Waals surface area contributed by atoms with Crippen LogP contribution >= 0.6 is 0 Å². The molecule has 19 heavy (non-hydrogen) atoms. The molecule has 0 radical (unpaired) electrons. The van der Waals surface area contributed by atoms with E-state index < -0.39 is 12.3 Å². The van der Waals surface area contributed by atoms with E-state index in [1.54, 1.807) is 20.0 Å². The summed E-state index contributed by atoms with van der Waals surface area (Å²) in [6.45, 7) is 1.85. The van der Waals surface area contributed by atoms with Crippen LogP contribution in [0.5, 0.6) is 0 Å². The van der Waals surface area contributed by atoms with Gasteiger partial charge in [-0.05, 0) is 6.92 Å². The Morgan fingerprint density at radius 2 is 2.16 bits per heavy atom. The number of hydrogen-bond donors (Lipinski definition) is 1. The number of alkyl halides is 3. The van der Waals surface area contributed by atoms with Gasteiger partial charge in [0.1, 0.15) is 5.82 Å². The van der Waals surface area contributed by atoms with Gasteiger partial charge in [0, 0.05) is 25.4 Å². The first-order chi connectivity index (χ1) is 8.90. The van der Waals surface area contributed by atoms with Crippen LogP contribution in [0.2, 0.25) is 0 Å². The molecule has 0 unspecified atom stereocenters. The maximum Gasteiger partial charge on any atom is 0.416 e. The molecule has 0 bridgehead atoms. The Morgan fingerprint density at radius 3 is 2.79 bits per heavy atom. The average molecular weight is 276 g/mol.